The lowest BCUT2D eigenvalue weighted by molar-refractivity contribution is -0.149. The number of carbonyl (C=O) groups excluding carboxylic acids is 1. The molecular weight excluding hydrogens is 471 g/mol. The normalized spacial score (nSPS) is 12.6. The van der Waals surface area contributed by atoms with Gasteiger partial charge in [-0.05, 0) is 112 Å². The average molecular weight is 504 g/mol. The van der Waals surface area contributed by atoms with Crippen molar-refractivity contribution in [3.8, 4) is 0 Å². The summed E-state index contributed by atoms with van der Waals surface area (Å²) in [5.74, 6) is -0.216. The maximum Gasteiger partial charge on any atom is 0.310 e. The Bertz CT molecular complexity index is 1350. The zero-order valence-electron chi connectivity index (χ0n) is 22.4. The second kappa shape index (κ2) is 12.2. The number of hydrogen-bond donors (Lipinski definition) is 2. The molecule has 0 unspecified atom stereocenters. The van der Waals surface area contributed by atoms with Crippen LogP contribution in [0.4, 0.5) is 28.4 Å². The highest BCUT2D eigenvalue weighted by molar-refractivity contribution is 6.39. The molecule has 0 aliphatic heterocycles. The van der Waals surface area contributed by atoms with Gasteiger partial charge in [0.15, 0.2) is 0 Å². The van der Waals surface area contributed by atoms with E-state index in [1.165, 1.54) is 12.7 Å². The Morgan fingerprint density at radius 1 is 0.763 bits per heavy atom. The molecule has 0 fully saturated rings. The van der Waals surface area contributed by atoms with E-state index in [0.717, 1.165) is 39.9 Å². The van der Waals surface area contributed by atoms with Gasteiger partial charge in [-0.1, -0.05) is 17.7 Å². The summed E-state index contributed by atoms with van der Waals surface area (Å²) in [5, 5.41) is 6.85. The highest BCUT2D eigenvalue weighted by atomic mass is 16.5. The topological polar surface area (TPSA) is 75.1 Å². The molecule has 0 aromatic heterocycles. The molecule has 0 radical (unpaired) electrons. The van der Waals surface area contributed by atoms with E-state index in [0.29, 0.717) is 13.7 Å². The van der Waals surface area contributed by atoms with Crippen molar-refractivity contribution < 1.29 is 9.53 Å². The largest absolute Gasteiger partial charge is 0.469 e. The van der Waals surface area contributed by atoms with Crippen molar-refractivity contribution in [2.24, 2.45) is 15.3 Å². The van der Waals surface area contributed by atoms with Crippen LogP contribution in [0.25, 0.3) is 0 Å². The lowest BCUT2D eigenvalue weighted by Gasteiger charge is -2.19. The summed E-state index contributed by atoms with van der Waals surface area (Å²) in [6, 6.07) is 24.6. The van der Waals surface area contributed by atoms with Crippen molar-refractivity contribution >= 4 is 53.2 Å². The number of nitrogens with zero attached hydrogens (tertiary/aromatic N) is 2. The monoisotopic (exact) mass is 504 g/mol. The van der Waals surface area contributed by atoms with Crippen LogP contribution in [0, 0.1) is 12.3 Å². The maximum absolute atomic E-state index is 11.8. The molecule has 7 heteroatoms. The number of benzene rings is 3. The van der Waals surface area contributed by atoms with Crippen molar-refractivity contribution in [3.63, 3.8) is 0 Å². The van der Waals surface area contributed by atoms with Gasteiger partial charge in [-0.3, -0.25) is 4.79 Å². The standard InChI is InChI=1S/C31H33BN4O2/c1-22-5-7-23(8-6-22)33-24-9-11-25(12-10-24)34-26-13-15-27(16-14-26)35-28-17-19-29(20-18-28)36-32-21-31(2,3)30(37)38-4/h5-20,32-34H,21H2,1-4H3. The number of methoxy groups -OCH3 is 1. The second-order valence-electron chi connectivity index (χ2n) is 9.88. The molecule has 3 aromatic carbocycles. The van der Waals surface area contributed by atoms with Crippen LogP contribution in [0.15, 0.2) is 107 Å². The Labute approximate surface area is 225 Å². The van der Waals surface area contributed by atoms with Gasteiger partial charge in [0.1, 0.15) is 0 Å². The third-order valence-electron chi connectivity index (χ3n) is 6.26. The SMILES string of the molecule is COC(=O)C(C)(C)CBN=C1C=CC(=Nc2ccc(Nc3ccc(Nc4ccc(C)cc4)cc3)cc2)C=C1. The fourth-order valence-electron chi connectivity index (χ4n) is 3.85. The number of aryl methyl sites for hydroxylation is 1. The van der Waals surface area contributed by atoms with Crippen LogP contribution in [0.1, 0.15) is 19.4 Å². The van der Waals surface area contributed by atoms with Gasteiger partial charge in [0.05, 0.1) is 23.9 Å². The zero-order chi connectivity index (χ0) is 27.0. The molecule has 3 aromatic rings. The van der Waals surface area contributed by atoms with Crippen molar-refractivity contribution in [1.29, 1.82) is 0 Å². The molecule has 0 amide bonds. The first-order chi connectivity index (χ1) is 18.3. The Balaban J connectivity index is 1.29. The number of rotatable bonds is 9. The van der Waals surface area contributed by atoms with Crippen molar-refractivity contribution in [3.05, 3.63) is 103 Å². The molecule has 1 aliphatic rings. The third-order valence-corrected chi connectivity index (χ3v) is 6.26. The van der Waals surface area contributed by atoms with Crippen molar-refractivity contribution in [2.75, 3.05) is 17.7 Å². The zero-order valence-corrected chi connectivity index (χ0v) is 22.4. The minimum Gasteiger partial charge on any atom is -0.469 e. The molecule has 1 aliphatic carbocycles. The molecule has 4 rings (SSSR count). The molecule has 0 saturated carbocycles. The fraction of sp³-hybridized carbons (Fsp3) is 0.194. The van der Waals surface area contributed by atoms with E-state index in [4.69, 9.17) is 9.73 Å². The van der Waals surface area contributed by atoms with Gasteiger partial charge < -0.3 is 20.3 Å². The van der Waals surface area contributed by atoms with Crippen LogP contribution in [0.2, 0.25) is 6.32 Å². The first kappa shape index (κ1) is 26.7. The highest BCUT2D eigenvalue weighted by Gasteiger charge is 2.28. The molecule has 0 heterocycles. The Kier molecular flexibility index (Phi) is 8.59. The number of aliphatic imine (C=N–C) groups is 1. The molecule has 6 nitrogen and oxygen atoms in total. The number of ether oxygens (including phenoxy) is 1. The predicted molar refractivity (Wildman–Crippen MR) is 161 cm³/mol. The molecule has 38 heavy (non-hydrogen) atoms. The summed E-state index contributed by atoms with van der Waals surface area (Å²) < 4.78 is 4.85. The van der Waals surface area contributed by atoms with E-state index in [1.807, 2.05) is 62.4 Å². The Morgan fingerprint density at radius 2 is 1.21 bits per heavy atom. The molecule has 0 bridgehead atoms. The summed E-state index contributed by atoms with van der Waals surface area (Å²) in [4.78, 5) is 21.1. The van der Waals surface area contributed by atoms with Crippen LogP contribution in [0.5, 0.6) is 0 Å². The maximum atomic E-state index is 11.8. The van der Waals surface area contributed by atoms with Crippen molar-refractivity contribution in [2.45, 2.75) is 27.1 Å². The first-order valence-electron chi connectivity index (χ1n) is 12.7. The van der Waals surface area contributed by atoms with Gasteiger partial charge in [0, 0.05) is 28.5 Å². The fourth-order valence-corrected chi connectivity index (χ4v) is 3.85. The van der Waals surface area contributed by atoms with Crippen LogP contribution in [0.3, 0.4) is 0 Å². The smallest absolute Gasteiger partial charge is 0.310 e. The molecule has 2 N–H and O–H groups in total. The highest BCUT2D eigenvalue weighted by Crippen LogP contribution is 2.24. The van der Waals surface area contributed by atoms with Gasteiger partial charge in [-0.15, -0.1) is 0 Å². The van der Waals surface area contributed by atoms with Gasteiger partial charge in [-0.2, -0.15) is 0 Å². The predicted octanol–water partition coefficient (Wildman–Crippen LogP) is 7.09. The first-order valence-corrected chi connectivity index (χ1v) is 12.7. The Hall–Kier alpha value is -4.39. The number of carbonyl (C=O) groups is 1. The summed E-state index contributed by atoms with van der Waals surface area (Å²) in [7, 11) is 1.97. The summed E-state index contributed by atoms with van der Waals surface area (Å²) in [6.45, 7) is 5.83. The van der Waals surface area contributed by atoms with Gasteiger partial charge >= 0.3 is 5.97 Å². The van der Waals surface area contributed by atoms with E-state index in [2.05, 4.69) is 71.0 Å². The molecule has 192 valence electrons. The van der Waals surface area contributed by atoms with E-state index in [9.17, 15) is 4.79 Å². The Morgan fingerprint density at radius 3 is 1.71 bits per heavy atom. The lowest BCUT2D eigenvalue weighted by Crippen LogP contribution is -2.26. The minimum atomic E-state index is -0.545. The molecule has 0 spiro atoms. The average Bonchev–Trinajstić information content (AvgIpc) is 2.92. The minimum absolute atomic E-state index is 0.216. The van der Waals surface area contributed by atoms with Crippen LogP contribution >= 0.6 is 0 Å². The summed E-state index contributed by atoms with van der Waals surface area (Å²) in [5.41, 5.74) is 7.41. The third kappa shape index (κ3) is 7.56. The molecular formula is C31H33BN4O2. The van der Waals surface area contributed by atoms with Gasteiger partial charge in [-0.25, -0.2) is 4.99 Å². The number of anilines is 4. The van der Waals surface area contributed by atoms with Gasteiger partial charge in [0.25, 0.3) is 7.41 Å². The van der Waals surface area contributed by atoms with Crippen LogP contribution in [-0.2, 0) is 9.53 Å². The summed E-state index contributed by atoms with van der Waals surface area (Å²) in [6.07, 6.45) is 8.40. The van der Waals surface area contributed by atoms with Crippen molar-refractivity contribution in [1.82, 2.24) is 0 Å². The lowest BCUT2D eigenvalue weighted by atomic mass is 9.72. The van der Waals surface area contributed by atoms with Crippen LogP contribution in [-0.4, -0.2) is 31.9 Å². The van der Waals surface area contributed by atoms with E-state index in [1.54, 1.807) is 0 Å². The van der Waals surface area contributed by atoms with E-state index >= 15 is 0 Å². The molecule has 0 atom stereocenters. The number of allylic oxidation sites excluding steroid dienone is 4. The second-order valence-corrected chi connectivity index (χ2v) is 9.88. The molecule has 0 saturated heterocycles. The summed E-state index contributed by atoms with van der Waals surface area (Å²) >= 11 is 0. The van der Waals surface area contributed by atoms with E-state index in [-0.39, 0.29) is 5.97 Å². The van der Waals surface area contributed by atoms with Crippen LogP contribution < -0.4 is 10.6 Å². The number of esters is 1. The number of hydrogen-bond acceptors (Lipinski definition) is 6. The van der Waals surface area contributed by atoms with E-state index < -0.39 is 5.41 Å². The number of nitrogens with one attached hydrogen (secondary N) is 2. The van der Waals surface area contributed by atoms with Gasteiger partial charge in [0.2, 0.25) is 0 Å². The quantitative estimate of drug-likeness (QED) is 0.185.